The second kappa shape index (κ2) is 6.64. The summed E-state index contributed by atoms with van der Waals surface area (Å²) in [5, 5.41) is 0. The Kier molecular flexibility index (Phi) is 4.41. The third-order valence-corrected chi connectivity index (χ3v) is 3.98. The van der Waals surface area contributed by atoms with Crippen molar-refractivity contribution >= 4 is 6.29 Å². The Hall–Kier alpha value is -2.00. The molecule has 21 heavy (non-hydrogen) atoms. The maximum Gasteiger partial charge on any atom is 0.150 e. The smallest absolute Gasteiger partial charge is 0.150 e. The van der Waals surface area contributed by atoms with Crippen LogP contribution in [0.15, 0.2) is 42.5 Å². The number of pyridine rings is 1. The summed E-state index contributed by atoms with van der Waals surface area (Å²) in [6.45, 7) is 3.29. The summed E-state index contributed by atoms with van der Waals surface area (Å²) in [7, 11) is 0. The molecule has 0 amide bonds. The standard InChI is InChI=1S/C18H20N2O/c21-14-15-7-9-16(10-8-15)18-6-4-5-17(19-18)13-20-11-2-1-3-12-20/h4-10,14H,1-3,11-13H2. The average molecular weight is 280 g/mol. The van der Waals surface area contributed by atoms with E-state index in [1.165, 1.54) is 32.4 Å². The lowest BCUT2D eigenvalue weighted by atomic mass is 10.1. The topological polar surface area (TPSA) is 33.2 Å². The van der Waals surface area contributed by atoms with Crippen LogP contribution in [0.3, 0.4) is 0 Å². The van der Waals surface area contributed by atoms with Crippen molar-refractivity contribution in [1.29, 1.82) is 0 Å². The van der Waals surface area contributed by atoms with E-state index in [9.17, 15) is 4.79 Å². The van der Waals surface area contributed by atoms with Crippen molar-refractivity contribution in [3.05, 3.63) is 53.7 Å². The van der Waals surface area contributed by atoms with Gasteiger partial charge < -0.3 is 0 Å². The fraction of sp³-hybridized carbons (Fsp3) is 0.333. The lowest BCUT2D eigenvalue weighted by Crippen LogP contribution is -2.29. The van der Waals surface area contributed by atoms with Crippen LogP contribution >= 0.6 is 0 Å². The van der Waals surface area contributed by atoms with Crippen LogP contribution in [0.4, 0.5) is 0 Å². The zero-order valence-corrected chi connectivity index (χ0v) is 12.2. The van der Waals surface area contributed by atoms with Gasteiger partial charge in [-0.3, -0.25) is 14.7 Å². The fourth-order valence-corrected chi connectivity index (χ4v) is 2.81. The van der Waals surface area contributed by atoms with Gasteiger partial charge in [0, 0.05) is 17.7 Å². The van der Waals surface area contributed by atoms with E-state index in [0.29, 0.717) is 5.56 Å². The predicted molar refractivity (Wildman–Crippen MR) is 84.2 cm³/mol. The highest BCUT2D eigenvalue weighted by Crippen LogP contribution is 2.19. The van der Waals surface area contributed by atoms with Gasteiger partial charge in [-0.1, -0.05) is 36.8 Å². The third-order valence-electron chi connectivity index (χ3n) is 3.98. The number of aromatic nitrogens is 1. The number of carbonyl (C=O) groups excluding carboxylic acids is 1. The van der Waals surface area contributed by atoms with E-state index in [-0.39, 0.29) is 0 Å². The van der Waals surface area contributed by atoms with Gasteiger partial charge in [-0.15, -0.1) is 0 Å². The molecular formula is C18H20N2O. The Morgan fingerprint density at radius 1 is 1.00 bits per heavy atom. The van der Waals surface area contributed by atoms with Gasteiger partial charge in [-0.25, -0.2) is 0 Å². The number of hydrogen-bond acceptors (Lipinski definition) is 3. The molecule has 3 rings (SSSR count). The highest BCUT2D eigenvalue weighted by atomic mass is 16.1. The lowest BCUT2D eigenvalue weighted by Gasteiger charge is -2.26. The van der Waals surface area contributed by atoms with Crippen molar-refractivity contribution in [2.75, 3.05) is 13.1 Å². The Bertz CT molecular complexity index is 601. The van der Waals surface area contributed by atoms with Crippen LogP contribution in [0.25, 0.3) is 11.3 Å². The van der Waals surface area contributed by atoms with Crippen LogP contribution < -0.4 is 0 Å². The fourth-order valence-electron chi connectivity index (χ4n) is 2.81. The number of hydrogen-bond donors (Lipinski definition) is 0. The van der Waals surface area contributed by atoms with Gasteiger partial charge in [0.1, 0.15) is 6.29 Å². The molecule has 0 radical (unpaired) electrons. The minimum absolute atomic E-state index is 0.697. The summed E-state index contributed by atoms with van der Waals surface area (Å²) < 4.78 is 0. The highest BCUT2D eigenvalue weighted by Gasteiger charge is 2.11. The Labute approximate surface area is 125 Å². The average Bonchev–Trinajstić information content (AvgIpc) is 2.56. The van der Waals surface area contributed by atoms with Crippen molar-refractivity contribution in [3.63, 3.8) is 0 Å². The zero-order valence-electron chi connectivity index (χ0n) is 12.2. The summed E-state index contributed by atoms with van der Waals surface area (Å²) >= 11 is 0. The van der Waals surface area contributed by atoms with E-state index in [1.807, 2.05) is 30.3 Å². The van der Waals surface area contributed by atoms with Crippen molar-refractivity contribution in [1.82, 2.24) is 9.88 Å². The first-order chi connectivity index (χ1) is 10.3. The molecule has 2 aromatic rings. The van der Waals surface area contributed by atoms with Crippen LogP contribution in [0.1, 0.15) is 35.3 Å². The first kappa shape index (κ1) is 14.0. The minimum atomic E-state index is 0.697. The highest BCUT2D eigenvalue weighted by molar-refractivity contribution is 5.76. The van der Waals surface area contributed by atoms with Crippen LogP contribution in [0.2, 0.25) is 0 Å². The quantitative estimate of drug-likeness (QED) is 0.803. The van der Waals surface area contributed by atoms with Gasteiger partial charge in [0.15, 0.2) is 0 Å². The summed E-state index contributed by atoms with van der Waals surface area (Å²) in [4.78, 5) is 17.9. The number of carbonyl (C=O) groups is 1. The van der Waals surface area contributed by atoms with E-state index >= 15 is 0 Å². The molecule has 1 aliphatic heterocycles. The first-order valence-electron chi connectivity index (χ1n) is 7.59. The SMILES string of the molecule is O=Cc1ccc(-c2cccc(CN3CCCCC3)n2)cc1. The van der Waals surface area contributed by atoms with Gasteiger partial charge in [0.25, 0.3) is 0 Å². The Balaban J connectivity index is 1.76. The summed E-state index contributed by atoms with van der Waals surface area (Å²) in [5.74, 6) is 0. The van der Waals surface area contributed by atoms with Crippen molar-refractivity contribution in [2.45, 2.75) is 25.8 Å². The van der Waals surface area contributed by atoms with Gasteiger partial charge in [0.2, 0.25) is 0 Å². The zero-order chi connectivity index (χ0) is 14.5. The van der Waals surface area contributed by atoms with Gasteiger partial charge in [0.05, 0.1) is 11.4 Å². The van der Waals surface area contributed by atoms with Crippen molar-refractivity contribution < 1.29 is 4.79 Å². The lowest BCUT2D eigenvalue weighted by molar-refractivity contribution is 0.112. The molecule has 1 aromatic carbocycles. The molecule has 108 valence electrons. The maximum absolute atomic E-state index is 10.7. The molecule has 0 bridgehead atoms. The minimum Gasteiger partial charge on any atom is -0.298 e. The summed E-state index contributed by atoms with van der Waals surface area (Å²) in [6.07, 6.45) is 4.82. The maximum atomic E-state index is 10.7. The van der Waals surface area contributed by atoms with E-state index in [4.69, 9.17) is 4.98 Å². The second-order valence-corrected chi connectivity index (χ2v) is 5.59. The molecule has 1 aliphatic rings. The summed E-state index contributed by atoms with van der Waals surface area (Å²) in [6, 6.07) is 13.8. The molecule has 1 aromatic heterocycles. The van der Waals surface area contributed by atoms with Crippen LogP contribution in [-0.4, -0.2) is 29.3 Å². The van der Waals surface area contributed by atoms with E-state index < -0.39 is 0 Å². The Morgan fingerprint density at radius 3 is 2.48 bits per heavy atom. The predicted octanol–water partition coefficient (Wildman–Crippen LogP) is 3.55. The molecule has 0 N–H and O–H groups in total. The van der Waals surface area contributed by atoms with Crippen LogP contribution in [0.5, 0.6) is 0 Å². The normalized spacial score (nSPS) is 15.8. The third kappa shape index (κ3) is 3.56. The molecule has 2 heterocycles. The van der Waals surface area contributed by atoms with Crippen molar-refractivity contribution in [2.24, 2.45) is 0 Å². The van der Waals surface area contributed by atoms with E-state index in [2.05, 4.69) is 17.0 Å². The van der Waals surface area contributed by atoms with Crippen LogP contribution in [0, 0.1) is 0 Å². The number of likely N-dealkylation sites (tertiary alicyclic amines) is 1. The number of nitrogens with zero attached hydrogens (tertiary/aromatic N) is 2. The van der Waals surface area contributed by atoms with Gasteiger partial charge >= 0.3 is 0 Å². The largest absolute Gasteiger partial charge is 0.298 e. The first-order valence-corrected chi connectivity index (χ1v) is 7.59. The van der Waals surface area contributed by atoms with E-state index in [0.717, 1.165) is 29.8 Å². The monoisotopic (exact) mass is 280 g/mol. The van der Waals surface area contributed by atoms with E-state index in [1.54, 1.807) is 0 Å². The molecule has 0 unspecified atom stereocenters. The Morgan fingerprint density at radius 2 is 1.76 bits per heavy atom. The summed E-state index contributed by atoms with van der Waals surface area (Å²) in [5.41, 5.74) is 3.85. The van der Waals surface area contributed by atoms with Crippen LogP contribution in [-0.2, 0) is 6.54 Å². The van der Waals surface area contributed by atoms with Gasteiger partial charge in [-0.05, 0) is 38.1 Å². The molecule has 0 atom stereocenters. The molecule has 3 nitrogen and oxygen atoms in total. The molecule has 0 saturated carbocycles. The van der Waals surface area contributed by atoms with Gasteiger partial charge in [-0.2, -0.15) is 0 Å². The molecule has 1 saturated heterocycles. The molecular weight excluding hydrogens is 260 g/mol. The number of rotatable bonds is 4. The number of aldehydes is 1. The second-order valence-electron chi connectivity index (χ2n) is 5.59. The molecule has 0 spiro atoms. The number of piperidine rings is 1. The molecule has 3 heteroatoms. The molecule has 0 aliphatic carbocycles. The van der Waals surface area contributed by atoms with Crippen molar-refractivity contribution in [3.8, 4) is 11.3 Å². The molecule has 1 fully saturated rings. The number of benzene rings is 1.